The second-order valence-corrected chi connectivity index (χ2v) is 5.28. The van der Waals surface area contributed by atoms with Crippen LogP contribution < -0.4 is 10.1 Å². The lowest BCUT2D eigenvalue weighted by Crippen LogP contribution is -2.16. The summed E-state index contributed by atoms with van der Waals surface area (Å²) in [6, 6.07) is 6.37. The Balaban J connectivity index is 2.01. The summed E-state index contributed by atoms with van der Waals surface area (Å²) in [7, 11) is 0. The topological polar surface area (TPSA) is 21.3 Å². The molecule has 108 valence electrons. The van der Waals surface area contributed by atoms with E-state index >= 15 is 0 Å². The van der Waals surface area contributed by atoms with Crippen LogP contribution >= 0.6 is 0 Å². The van der Waals surface area contributed by atoms with Crippen LogP contribution in [0.3, 0.4) is 0 Å². The molecule has 0 amide bonds. The maximum atomic E-state index is 5.82. The van der Waals surface area contributed by atoms with Gasteiger partial charge in [0.2, 0.25) is 0 Å². The van der Waals surface area contributed by atoms with Crippen LogP contribution in [0.5, 0.6) is 5.75 Å². The summed E-state index contributed by atoms with van der Waals surface area (Å²) in [6.07, 6.45) is 6.19. The first-order valence-electron chi connectivity index (χ1n) is 7.65. The molecular formula is C17H29NO. The maximum Gasteiger partial charge on any atom is 0.122 e. The number of ether oxygens (including phenoxy) is 1. The summed E-state index contributed by atoms with van der Waals surface area (Å²) < 4.78 is 5.82. The minimum atomic E-state index is 0.832. The van der Waals surface area contributed by atoms with Gasteiger partial charge in [0.25, 0.3) is 0 Å². The molecule has 0 aliphatic heterocycles. The molecule has 0 atom stereocenters. The Morgan fingerprint density at radius 3 is 2.53 bits per heavy atom. The van der Waals surface area contributed by atoms with Crippen LogP contribution in [-0.2, 0) is 0 Å². The molecule has 0 bridgehead atoms. The maximum absolute atomic E-state index is 5.82. The Hall–Kier alpha value is -1.02. The number of benzene rings is 1. The van der Waals surface area contributed by atoms with Crippen LogP contribution in [0.25, 0.3) is 0 Å². The highest BCUT2D eigenvalue weighted by atomic mass is 16.5. The molecule has 0 saturated carbocycles. The Morgan fingerprint density at radius 1 is 1.00 bits per heavy atom. The first-order valence-corrected chi connectivity index (χ1v) is 7.65. The SMILES string of the molecule is CCCCNCCCCCOc1ccc(C)cc1C. The minimum absolute atomic E-state index is 0.832. The van der Waals surface area contributed by atoms with E-state index in [1.165, 1.54) is 36.8 Å². The summed E-state index contributed by atoms with van der Waals surface area (Å²) in [5, 5.41) is 3.47. The van der Waals surface area contributed by atoms with Crippen molar-refractivity contribution in [3.05, 3.63) is 29.3 Å². The van der Waals surface area contributed by atoms with Crippen molar-refractivity contribution in [3.8, 4) is 5.75 Å². The third kappa shape index (κ3) is 7.22. The fourth-order valence-electron chi connectivity index (χ4n) is 2.10. The van der Waals surface area contributed by atoms with Crippen LogP contribution in [0.4, 0.5) is 0 Å². The van der Waals surface area contributed by atoms with Crippen LogP contribution in [0.15, 0.2) is 18.2 Å². The number of unbranched alkanes of at least 4 members (excludes halogenated alkanes) is 3. The van der Waals surface area contributed by atoms with Gasteiger partial charge in [-0.2, -0.15) is 0 Å². The zero-order valence-corrected chi connectivity index (χ0v) is 12.8. The van der Waals surface area contributed by atoms with Crippen molar-refractivity contribution >= 4 is 0 Å². The smallest absolute Gasteiger partial charge is 0.122 e. The van der Waals surface area contributed by atoms with Crippen molar-refractivity contribution in [1.29, 1.82) is 0 Å². The molecule has 0 heterocycles. The third-order valence-corrected chi connectivity index (χ3v) is 3.29. The van der Waals surface area contributed by atoms with Crippen molar-refractivity contribution in [2.45, 2.75) is 52.9 Å². The van der Waals surface area contributed by atoms with Crippen LogP contribution in [0.1, 0.15) is 50.2 Å². The average molecular weight is 263 g/mol. The zero-order chi connectivity index (χ0) is 13.9. The molecule has 1 rings (SSSR count). The lowest BCUT2D eigenvalue weighted by atomic mass is 10.1. The molecule has 0 aliphatic rings. The standard InChI is InChI=1S/C17H29NO/c1-4-5-11-18-12-7-6-8-13-19-17-10-9-15(2)14-16(17)3/h9-10,14,18H,4-8,11-13H2,1-3H3. The van der Waals surface area contributed by atoms with E-state index in [0.717, 1.165) is 31.9 Å². The molecule has 0 aromatic heterocycles. The molecule has 2 heteroatoms. The normalized spacial score (nSPS) is 10.7. The molecule has 1 N–H and O–H groups in total. The van der Waals surface area contributed by atoms with Gasteiger partial charge in [-0.1, -0.05) is 31.0 Å². The monoisotopic (exact) mass is 263 g/mol. The molecule has 1 aromatic rings. The minimum Gasteiger partial charge on any atom is -0.493 e. The van der Waals surface area contributed by atoms with Crippen molar-refractivity contribution in [1.82, 2.24) is 5.32 Å². The van der Waals surface area contributed by atoms with Crippen LogP contribution in [0, 0.1) is 13.8 Å². The quantitative estimate of drug-likeness (QED) is 0.637. The number of aryl methyl sites for hydroxylation is 2. The lowest BCUT2D eigenvalue weighted by molar-refractivity contribution is 0.303. The highest BCUT2D eigenvalue weighted by molar-refractivity contribution is 5.35. The Labute approximate surface area is 118 Å². The Bertz CT molecular complexity index is 349. The van der Waals surface area contributed by atoms with Crippen LogP contribution in [-0.4, -0.2) is 19.7 Å². The van der Waals surface area contributed by atoms with E-state index in [0.29, 0.717) is 0 Å². The molecule has 19 heavy (non-hydrogen) atoms. The fourth-order valence-corrected chi connectivity index (χ4v) is 2.10. The fraction of sp³-hybridized carbons (Fsp3) is 0.647. The van der Waals surface area contributed by atoms with Gasteiger partial charge in [0, 0.05) is 0 Å². The van der Waals surface area contributed by atoms with E-state index in [9.17, 15) is 0 Å². The van der Waals surface area contributed by atoms with E-state index in [4.69, 9.17) is 4.74 Å². The predicted octanol–water partition coefficient (Wildman–Crippen LogP) is 4.24. The predicted molar refractivity (Wildman–Crippen MR) is 83.0 cm³/mol. The summed E-state index contributed by atoms with van der Waals surface area (Å²) in [5.41, 5.74) is 2.53. The number of nitrogens with one attached hydrogen (secondary N) is 1. The molecular weight excluding hydrogens is 234 g/mol. The lowest BCUT2D eigenvalue weighted by Gasteiger charge is -2.09. The third-order valence-electron chi connectivity index (χ3n) is 3.29. The van der Waals surface area contributed by atoms with Crippen molar-refractivity contribution < 1.29 is 4.74 Å². The second-order valence-electron chi connectivity index (χ2n) is 5.28. The van der Waals surface area contributed by atoms with Crippen molar-refractivity contribution in [3.63, 3.8) is 0 Å². The summed E-state index contributed by atoms with van der Waals surface area (Å²) >= 11 is 0. The van der Waals surface area contributed by atoms with Gasteiger partial charge < -0.3 is 10.1 Å². The molecule has 0 spiro atoms. The van der Waals surface area contributed by atoms with E-state index in [1.54, 1.807) is 0 Å². The van der Waals surface area contributed by atoms with Gasteiger partial charge in [-0.15, -0.1) is 0 Å². The number of hydrogen-bond donors (Lipinski definition) is 1. The van der Waals surface area contributed by atoms with Gasteiger partial charge in [-0.05, 0) is 64.3 Å². The largest absolute Gasteiger partial charge is 0.493 e. The van der Waals surface area contributed by atoms with E-state index in [1.807, 2.05) is 0 Å². The van der Waals surface area contributed by atoms with E-state index < -0.39 is 0 Å². The summed E-state index contributed by atoms with van der Waals surface area (Å²) in [6.45, 7) is 9.59. The Morgan fingerprint density at radius 2 is 1.79 bits per heavy atom. The summed E-state index contributed by atoms with van der Waals surface area (Å²) in [5.74, 6) is 1.03. The van der Waals surface area contributed by atoms with Gasteiger partial charge in [-0.3, -0.25) is 0 Å². The molecule has 0 aliphatic carbocycles. The molecule has 1 aromatic carbocycles. The van der Waals surface area contributed by atoms with Gasteiger partial charge in [0.05, 0.1) is 6.61 Å². The first-order chi connectivity index (χ1) is 9.24. The van der Waals surface area contributed by atoms with Crippen LogP contribution in [0.2, 0.25) is 0 Å². The molecule has 0 radical (unpaired) electrons. The van der Waals surface area contributed by atoms with E-state index in [2.05, 4.69) is 44.3 Å². The average Bonchev–Trinajstić information content (AvgIpc) is 2.39. The second kappa shape index (κ2) is 9.85. The Kier molecular flexibility index (Phi) is 8.31. The van der Waals surface area contributed by atoms with Crippen molar-refractivity contribution in [2.75, 3.05) is 19.7 Å². The van der Waals surface area contributed by atoms with Gasteiger partial charge >= 0.3 is 0 Å². The highest BCUT2D eigenvalue weighted by Gasteiger charge is 1.99. The number of hydrogen-bond acceptors (Lipinski definition) is 2. The van der Waals surface area contributed by atoms with Gasteiger partial charge in [-0.25, -0.2) is 0 Å². The summed E-state index contributed by atoms with van der Waals surface area (Å²) in [4.78, 5) is 0. The molecule has 0 saturated heterocycles. The first kappa shape index (κ1) is 16.0. The zero-order valence-electron chi connectivity index (χ0n) is 12.8. The molecule has 2 nitrogen and oxygen atoms in total. The molecule has 0 unspecified atom stereocenters. The van der Waals surface area contributed by atoms with Crippen molar-refractivity contribution in [2.24, 2.45) is 0 Å². The van der Waals surface area contributed by atoms with Gasteiger partial charge in [0.15, 0.2) is 0 Å². The van der Waals surface area contributed by atoms with E-state index in [-0.39, 0.29) is 0 Å². The highest BCUT2D eigenvalue weighted by Crippen LogP contribution is 2.18. The number of rotatable bonds is 10. The van der Waals surface area contributed by atoms with Gasteiger partial charge in [0.1, 0.15) is 5.75 Å². The molecule has 0 fully saturated rings.